The van der Waals surface area contributed by atoms with Crippen LogP contribution in [0.2, 0.25) is 0 Å². The third-order valence-electron chi connectivity index (χ3n) is 1.22. The first-order valence-electron chi connectivity index (χ1n) is 4.45. The fourth-order valence-corrected chi connectivity index (χ4v) is 3.35. The summed E-state index contributed by atoms with van der Waals surface area (Å²) >= 11 is 5.63. The summed E-state index contributed by atoms with van der Waals surface area (Å²) in [6, 6.07) is 0. The Kier molecular flexibility index (Phi) is 10.2. The Balaban J connectivity index is 2.92. The van der Waals surface area contributed by atoms with Gasteiger partial charge in [-0.05, 0) is 13.8 Å². The highest BCUT2D eigenvalue weighted by Gasteiger charge is 1.96. The lowest BCUT2D eigenvalue weighted by atomic mass is 10.8. The summed E-state index contributed by atoms with van der Waals surface area (Å²) in [5.74, 6) is 4.72. The number of rotatable bonds is 8. The summed E-state index contributed by atoms with van der Waals surface area (Å²) in [6.45, 7) is 4.06. The van der Waals surface area contributed by atoms with Crippen LogP contribution in [-0.2, 0) is 0 Å². The zero-order chi connectivity index (χ0) is 10.1. The lowest BCUT2D eigenvalue weighted by Gasteiger charge is -2.05. The standard InChI is InChI=1S/C8H20N2S3/c1-7(9)12-5-3-11-4-6-13-8(2)10/h7-8H,3-6,9-10H2,1-2H3. The molecular weight excluding hydrogens is 220 g/mol. The maximum atomic E-state index is 5.61. The van der Waals surface area contributed by atoms with Crippen molar-refractivity contribution in [3.63, 3.8) is 0 Å². The predicted molar refractivity (Wildman–Crippen MR) is 69.5 cm³/mol. The number of hydrogen-bond acceptors (Lipinski definition) is 5. The highest BCUT2D eigenvalue weighted by Crippen LogP contribution is 2.12. The van der Waals surface area contributed by atoms with Gasteiger partial charge < -0.3 is 11.5 Å². The molecule has 2 unspecified atom stereocenters. The minimum atomic E-state index is 0.277. The van der Waals surface area contributed by atoms with E-state index in [4.69, 9.17) is 11.5 Å². The minimum Gasteiger partial charge on any atom is -0.320 e. The molecule has 0 aromatic rings. The van der Waals surface area contributed by atoms with E-state index >= 15 is 0 Å². The highest BCUT2D eigenvalue weighted by molar-refractivity contribution is 8.04. The van der Waals surface area contributed by atoms with E-state index in [0.717, 1.165) is 11.5 Å². The Morgan fingerprint density at radius 1 is 0.846 bits per heavy atom. The molecule has 4 N–H and O–H groups in total. The van der Waals surface area contributed by atoms with Crippen molar-refractivity contribution < 1.29 is 0 Å². The third-order valence-corrected chi connectivity index (χ3v) is 4.65. The van der Waals surface area contributed by atoms with Crippen molar-refractivity contribution in [1.29, 1.82) is 0 Å². The molecule has 0 bridgehead atoms. The van der Waals surface area contributed by atoms with Crippen molar-refractivity contribution in [2.75, 3.05) is 23.0 Å². The van der Waals surface area contributed by atoms with Gasteiger partial charge in [0.05, 0.1) is 0 Å². The third kappa shape index (κ3) is 13.0. The Morgan fingerprint density at radius 3 is 1.54 bits per heavy atom. The van der Waals surface area contributed by atoms with Crippen LogP contribution in [-0.4, -0.2) is 33.8 Å². The van der Waals surface area contributed by atoms with Crippen molar-refractivity contribution in [3.8, 4) is 0 Å². The maximum absolute atomic E-state index is 5.61. The molecule has 0 aromatic carbocycles. The summed E-state index contributed by atoms with van der Waals surface area (Å²) in [4.78, 5) is 0. The minimum absolute atomic E-state index is 0.277. The predicted octanol–water partition coefficient (Wildman–Crippen LogP) is 1.80. The Labute approximate surface area is 94.3 Å². The van der Waals surface area contributed by atoms with E-state index in [1.807, 2.05) is 49.1 Å². The van der Waals surface area contributed by atoms with Crippen LogP contribution in [0.3, 0.4) is 0 Å². The first-order valence-corrected chi connectivity index (χ1v) is 7.70. The first kappa shape index (κ1) is 14.0. The van der Waals surface area contributed by atoms with Crippen LogP contribution in [0.1, 0.15) is 13.8 Å². The van der Waals surface area contributed by atoms with Crippen molar-refractivity contribution in [2.24, 2.45) is 11.5 Å². The van der Waals surface area contributed by atoms with Gasteiger partial charge in [-0.1, -0.05) is 0 Å². The number of hydrogen-bond donors (Lipinski definition) is 2. The number of thioether (sulfide) groups is 3. The molecule has 0 spiro atoms. The molecule has 2 nitrogen and oxygen atoms in total. The van der Waals surface area contributed by atoms with Crippen LogP contribution in [0.5, 0.6) is 0 Å². The molecule has 13 heavy (non-hydrogen) atoms. The van der Waals surface area contributed by atoms with Gasteiger partial charge in [-0.15, -0.1) is 23.5 Å². The fraction of sp³-hybridized carbons (Fsp3) is 1.00. The molecular formula is C8H20N2S3. The van der Waals surface area contributed by atoms with Gasteiger partial charge in [-0.2, -0.15) is 11.8 Å². The SMILES string of the molecule is CC(N)SCCSCCSC(C)N. The lowest BCUT2D eigenvalue weighted by Crippen LogP contribution is -2.11. The molecule has 0 heterocycles. The molecule has 0 saturated carbocycles. The van der Waals surface area contributed by atoms with Crippen LogP contribution in [0.15, 0.2) is 0 Å². The van der Waals surface area contributed by atoms with Crippen LogP contribution >= 0.6 is 35.3 Å². The van der Waals surface area contributed by atoms with E-state index in [2.05, 4.69) is 0 Å². The normalized spacial score (nSPS) is 15.7. The van der Waals surface area contributed by atoms with Crippen LogP contribution < -0.4 is 11.5 Å². The Morgan fingerprint density at radius 2 is 1.23 bits per heavy atom. The van der Waals surface area contributed by atoms with E-state index in [-0.39, 0.29) is 10.7 Å². The lowest BCUT2D eigenvalue weighted by molar-refractivity contribution is 1.04. The molecule has 2 atom stereocenters. The molecule has 0 saturated heterocycles. The zero-order valence-corrected chi connectivity index (χ0v) is 10.8. The van der Waals surface area contributed by atoms with E-state index in [1.165, 1.54) is 11.5 Å². The molecule has 0 rings (SSSR count). The molecule has 0 radical (unpaired) electrons. The maximum Gasteiger partial charge on any atom is 0.0478 e. The summed E-state index contributed by atoms with van der Waals surface area (Å²) in [5, 5.41) is 0.554. The smallest absolute Gasteiger partial charge is 0.0478 e. The first-order chi connectivity index (χ1) is 6.13. The van der Waals surface area contributed by atoms with Gasteiger partial charge in [0.2, 0.25) is 0 Å². The Hall–Kier alpha value is 0.970. The molecule has 0 amide bonds. The van der Waals surface area contributed by atoms with Gasteiger partial charge in [-0.3, -0.25) is 0 Å². The van der Waals surface area contributed by atoms with Crippen molar-refractivity contribution in [1.82, 2.24) is 0 Å². The largest absolute Gasteiger partial charge is 0.320 e. The molecule has 80 valence electrons. The molecule has 0 aliphatic rings. The fourth-order valence-electron chi connectivity index (χ4n) is 0.688. The van der Waals surface area contributed by atoms with Crippen molar-refractivity contribution >= 4 is 35.3 Å². The average Bonchev–Trinajstić information content (AvgIpc) is 2.01. The highest BCUT2D eigenvalue weighted by atomic mass is 32.2. The molecule has 5 heteroatoms. The van der Waals surface area contributed by atoms with Gasteiger partial charge >= 0.3 is 0 Å². The molecule has 0 aliphatic heterocycles. The molecule has 0 aliphatic carbocycles. The van der Waals surface area contributed by atoms with Gasteiger partial charge in [-0.25, -0.2) is 0 Å². The zero-order valence-electron chi connectivity index (χ0n) is 8.36. The monoisotopic (exact) mass is 240 g/mol. The van der Waals surface area contributed by atoms with Crippen LogP contribution in [0, 0.1) is 0 Å². The van der Waals surface area contributed by atoms with Crippen LogP contribution in [0.25, 0.3) is 0 Å². The van der Waals surface area contributed by atoms with Crippen molar-refractivity contribution in [3.05, 3.63) is 0 Å². The summed E-state index contributed by atoms with van der Waals surface area (Å²) in [6.07, 6.45) is 0. The van der Waals surface area contributed by atoms with E-state index in [9.17, 15) is 0 Å². The number of nitrogens with two attached hydrogens (primary N) is 2. The Bertz CT molecular complexity index is 97.6. The van der Waals surface area contributed by atoms with Gasteiger partial charge in [0.1, 0.15) is 0 Å². The second-order valence-corrected chi connectivity index (χ2v) is 6.96. The summed E-state index contributed by atoms with van der Waals surface area (Å²) in [7, 11) is 0. The van der Waals surface area contributed by atoms with E-state index in [1.54, 1.807) is 0 Å². The van der Waals surface area contributed by atoms with Crippen molar-refractivity contribution in [2.45, 2.75) is 24.6 Å². The van der Waals surface area contributed by atoms with E-state index in [0.29, 0.717) is 0 Å². The second-order valence-electron chi connectivity index (χ2n) is 2.76. The summed E-state index contributed by atoms with van der Waals surface area (Å²) < 4.78 is 0. The van der Waals surface area contributed by atoms with Gasteiger partial charge in [0.25, 0.3) is 0 Å². The quantitative estimate of drug-likeness (QED) is 0.500. The second kappa shape index (κ2) is 9.52. The van der Waals surface area contributed by atoms with E-state index < -0.39 is 0 Å². The molecule has 0 fully saturated rings. The summed E-state index contributed by atoms with van der Waals surface area (Å²) in [5.41, 5.74) is 11.2. The molecule has 0 aromatic heterocycles. The van der Waals surface area contributed by atoms with Gasteiger partial charge in [0.15, 0.2) is 0 Å². The topological polar surface area (TPSA) is 52.0 Å². The average molecular weight is 240 g/mol. The van der Waals surface area contributed by atoms with Gasteiger partial charge in [0, 0.05) is 33.8 Å². The van der Waals surface area contributed by atoms with Crippen LogP contribution in [0.4, 0.5) is 0 Å².